The van der Waals surface area contributed by atoms with Gasteiger partial charge >= 0.3 is 0 Å². The number of hydrogen-bond acceptors (Lipinski definition) is 2. The number of carbonyl (C=O) groups is 1. The van der Waals surface area contributed by atoms with Gasteiger partial charge in [-0.15, -0.1) is 0 Å². The molecule has 2 heteroatoms. The highest BCUT2D eigenvalue weighted by Gasteiger charge is 2.01. The molecule has 0 atom stereocenters. The smallest absolute Gasteiger partial charge is 0.185 e. The monoisotopic (exact) mass is 277 g/mol. The predicted octanol–water partition coefficient (Wildman–Crippen LogP) is 4.20. The van der Waals surface area contributed by atoms with Gasteiger partial charge in [0.15, 0.2) is 5.78 Å². The maximum absolute atomic E-state index is 12.0. The van der Waals surface area contributed by atoms with Gasteiger partial charge in [-0.25, -0.2) is 0 Å². The van der Waals surface area contributed by atoms with E-state index in [-0.39, 0.29) is 5.78 Å². The Labute approximate surface area is 126 Å². The number of nitrogens with zero attached hydrogens (tertiary/aromatic N) is 1. The first-order valence-electron chi connectivity index (χ1n) is 6.88. The van der Waals surface area contributed by atoms with Gasteiger partial charge in [0.25, 0.3) is 0 Å². The Hall–Kier alpha value is -2.61. The fourth-order valence-corrected chi connectivity index (χ4v) is 1.89. The molecule has 2 aromatic carbocycles. The van der Waals surface area contributed by atoms with Gasteiger partial charge in [-0.1, -0.05) is 48.6 Å². The van der Waals surface area contributed by atoms with Crippen LogP contribution in [0, 0.1) is 0 Å². The van der Waals surface area contributed by atoms with Crippen LogP contribution in [0.25, 0.3) is 6.08 Å². The van der Waals surface area contributed by atoms with Crippen LogP contribution in [-0.4, -0.2) is 19.9 Å². The molecule has 0 amide bonds. The first-order valence-corrected chi connectivity index (χ1v) is 6.88. The van der Waals surface area contributed by atoms with Crippen LogP contribution < -0.4 is 4.90 Å². The fourth-order valence-electron chi connectivity index (χ4n) is 1.89. The summed E-state index contributed by atoms with van der Waals surface area (Å²) in [4.78, 5) is 14.0. The Bertz CT molecular complexity index is 637. The largest absolute Gasteiger partial charge is 0.378 e. The Kier molecular flexibility index (Phi) is 5.10. The zero-order valence-corrected chi connectivity index (χ0v) is 12.4. The first-order chi connectivity index (χ1) is 10.2. The maximum Gasteiger partial charge on any atom is 0.185 e. The van der Waals surface area contributed by atoms with Crippen molar-refractivity contribution in [2.75, 3.05) is 19.0 Å². The quantitative estimate of drug-likeness (QED) is 0.463. The van der Waals surface area contributed by atoms with Crippen molar-refractivity contribution in [2.45, 2.75) is 0 Å². The number of rotatable bonds is 5. The summed E-state index contributed by atoms with van der Waals surface area (Å²) in [5, 5.41) is 0. The second-order valence-corrected chi connectivity index (χ2v) is 4.93. The van der Waals surface area contributed by atoms with Crippen LogP contribution >= 0.6 is 0 Å². The number of anilines is 1. The summed E-state index contributed by atoms with van der Waals surface area (Å²) in [6.45, 7) is 0. The van der Waals surface area contributed by atoms with E-state index in [1.165, 1.54) is 0 Å². The summed E-state index contributed by atoms with van der Waals surface area (Å²) in [6.07, 6.45) is 7.21. The molecule has 0 heterocycles. The van der Waals surface area contributed by atoms with Crippen molar-refractivity contribution in [3.63, 3.8) is 0 Å². The van der Waals surface area contributed by atoms with Crippen LogP contribution in [0.4, 0.5) is 5.69 Å². The highest BCUT2D eigenvalue weighted by atomic mass is 16.1. The fraction of sp³-hybridized carbons (Fsp3) is 0.105. The van der Waals surface area contributed by atoms with Crippen LogP contribution in [0.5, 0.6) is 0 Å². The van der Waals surface area contributed by atoms with Crippen LogP contribution in [-0.2, 0) is 0 Å². The molecule has 0 fully saturated rings. The molecule has 0 aliphatic rings. The normalized spacial score (nSPS) is 11.1. The number of ketones is 1. The minimum Gasteiger partial charge on any atom is -0.378 e. The van der Waals surface area contributed by atoms with Gasteiger partial charge in [0.05, 0.1) is 0 Å². The van der Waals surface area contributed by atoms with E-state index in [9.17, 15) is 4.79 Å². The average Bonchev–Trinajstić information content (AvgIpc) is 2.52. The highest BCUT2D eigenvalue weighted by Crippen LogP contribution is 2.13. The minimum atomic E-state index is 0.0121. The molecule has 0 saturated heterocycles. The Morgan fingerprint density at radius 2 is 1.57 bits per heavy atom. The third-order valence-corrected chi connectivity index (χ3v) is 3.12. The van der Waals surface area contributed by atoms with E-state index in [0.29, 0.717) is 5.56 Å². The zero-order chi connectivity index (χ0) is 15.1. The number of benzene rings is 2. The highest BCUT2D eigenvalue weighted by molar-refractivity contribution is 6.04. The molecular weight excluding hydrogens is 258 g/mol. The second-order valence-electron chi connectivity index (χ2n) is 4.93. The lowest BCUT2D eigenvalue weighted by molar-refractivity contribution is 0.104. The Morgan fingerprint density at radius 3 is 2.19 bits per heavy atom. The van der Waals surface area contributed by atoms with Crippen molar-refractivity contribution >= 4 is 17.5 Å². The minimum absolute atomic E-state index is 0.0121. The Balaban J connectivity index is 1.97. The van der Waals surface area contributed by atoms with Gasteiger partial charge in [-0.05, 0) is 35.9 Å². The summed E-state index contributed by atoms with van der Waals surface area (Å²) < 4.78 is 0. The molecule has 2 nitrogen and oxygen atoms in total. The van der Waals surface area contributed by atoms with Gasteiger partial charge in [0, 0.05) is 25.3 Å². The van der Waals surface area contributed by atoms with E-state index in [1.807, 2.05) is 85.7 Å². The van der Waals surface area contributed by atoms with Gasteiger partial charge in [0.2, 0.25) is 0 Å². The lowest BCUT2D eigenvalue weighted by Gasteiger charge is -2.11. The number of carbonyl (C=O) groups excluding carboxylic acids is 1. The summed E-state index contributed by atoms with van der Waals surface area (Å²) in [5.41, 5.74) is 2.90. The third-order valence-electron chi connectivity index (χ3n) is 3.12. The van der Waals surface area contributed by atoms with Gasteiger partial charge in [-0.3, -0.25) is 4.79 Å². The molecule has 106 valence electrons. The third kappa shape index (κ3) is 4.46. The second kappa shape index (κ2) is 7.25. The van der Waals surface area contributed by atoms with Crippen molar-refractivity contribution in [3.8, 4) is 0 Å². The van der Waals surface area contributed by atoms with Crippen LogP contribution in [0.2, 0.25) is 0 Å². The van der Waals surface area contributed by atoms with Gasteiger partial charge < -0.3 is 4.90 Å². The molecule has 0 saturated carbocycles. The van der Waals surface area contributed by atoms with Crippen molar-refractivity contribution < 1.29 is 4.79 Å². The van der Waals surface area contributed by atoms with E-state index >= 15 is 0 Å². The molecule has 0 radical (unpaired) electrons. The van der Waals surface area contributed by atoms with Gasteiger partial charge in [-0.2, -0.15) is 0 Å². The van der Waals surface area contributed by atoms with E-state index in [2.05, 4.69) is 0 Å². The summed E-state index contributed by atoms with van der Waals surface area (Å²) in [6, 6.07) is 17.6. The first kappa shape index (κ1) is 14.8. The zero-order valence-electron chi connectivity index (χ0n) is 12.4. The topological polar surface area (TPSA) is 20.3 Å². The Morgan fingerprint density at radius 1 is 0.905 bits per heavy atom. The molecule has 2 aromatic rings. The molecule has 2 rings (SSSR count). The van der Waals surface area contributed by atoms with Crippen LogP contribution in [0.15, 0.2) is 72.8 Å². The molecule has 0 aromatic heterocycles. The standard InChI is InChI=1S/C19H19NO/c1-20(2)18-14-12-17(13-15-18)19(21)11-7-6-10-16-8-4-3-5-9-16/h3-15H,1-2H3/b10-6+,11-7+. The van der Waals surface area contributed by atoms with E-state index in [4.69, 9.17) is 0 Å². The van der Waals surface area contributed by atoms with Crippen molar-refractivity contribution in [1.82, 2.24) is 0 Å². The lowest BCUT2D eigenvalue weighted by Crippen LogP contribution is -2.08. The SMILES string of the molecule is CN(C)c1ccc(C(=O)/C=C/C=C/c2ccccc2)cc1. The molecule has 0 aliphatic heterocycles. The molecule has 0 aliphatic carbocycles. The lowest BCUT2D eigenvalue weighted by atomic mass is 10.1. The summed E-state index contributed by atoms with van der Waals surface area (Å²) >= 11 is 0. The molecule has 0 bridgehead atoms. The van der Waals surface area contributed by atoms with E-state index < -0.39 is 0 Å². The molecule has 0 spiro atoms. The van der Waals surface area contributed by atoms with Crippen LogP contribution in [0.1, 0.15) is 15.9 Å². The predicted molar refractivity (Wildman–Crippen MR) is 89.7 cm³/mol. The van der Waals surface area contributed by atoms with E-state index in [0.717, 1.165) is 11.3 Å². The van der Waals surface area contributed by atoms with Crippen LogP contribution in [0.3, 0.4) is 0 Å². The molecule has 21 heavy (non-hydrogen) atoms. The molecule has 0 unspecified atom stereocenters. The number of hydrogen-bond donors (Lipinski definition) is 0. The van der Waals surface area contributed by atoms with Crippen molar-refractivity contribution in [2.24, 2.45) is 0 Å². The maximum atomic E-state index is 12.0. The summed E-state index contributed by atoms with van der Waals surface area (Å²) in [7, 11) is 3.95. The van der Waals surface area contributed by atoms with Gasteiger partial charge in [0.1, 0.15) is 0 Å². The van der Waals surface area contributed by atoms with Crippen molar-refractivity contribution in [3.05, 3.63) is 84.0 Å². The van der Waals surface area contributed by atoms with E-state index in [1.54, 1.807) is 12.2 Å². The van der Waals surface area contributed by atoms with Crippen molar-refractivity contribution in [1.29, 1.82) is 0 Å². The number of allylic oxidation sites excluding steroid dienone is 3. The molecule has 0 N–H and O–H groups in total. The molecular formula is C19H19NO. The average molecular weight is 277 g/mol. The summed E-state index contributed by atoms with van der Waals surface area (Å²) in [5.74, 6) is 0.0121.